The molecule has 1 saturated heterocycles. The monoisotopic (exact) mass is 409 g/mol. The normalized spacial score (nSPS) is 14.9. The number of ether oxygens (including phenoxy) is 1. The van der Waals surface area contributed by atoms with Gasteiger partial charge in [0.1, 0.15) is 11.6 Å². The SMILES string of the molecule is COc1ccc(C(=O)C2CCN(C(=O)c3cc(F)c(Cl)cc3Cl)CC2)cc1. The van der Waals surface area contributed by atoms with E-state index in [2.05, 4.69) is 0 Å². The number of carbonyl (C=O) groups excluding carboxylic acids is 2. The van der Waals surface area contributed by atoms with Gasteiger partial charge in [0.25, 0.3) is 5.91 Å². The van der Waals surface area contributed by atoms with Crippen LogP contribution in [-0.4, -0.2) is 36.8 Å². The van der Waals surface area contributed by atoms with Crippen LogP contribution in [-0.2, 0) is 0 Å². The van der Waals surface area contributed by atoms with Gasteiger partial charge in [-0.3, -0.25) is 9.59 Å². The summed E-state index contributed by atoms with van der Waals surface area (Å²) < 4.78 is 18.8. The van der Waals surface area contributed by atoms with E-state index in [0.717, 1.165) is 6.07 Å². The zero-order chi connectivity index (χ0) is 19.6. The Labute approximate surface area is 166 Å². The molecule has 0 spiro atoms. The lowest BCUT2D eigenvalue weighted by molar-refractivity contribution is 0.0650. The third kappa shape index (κ3) is 4.25. The first-order valence-corrected chi connectivity index (χ1v) is 9.28. The molecule has 0 N–H and O–H groups in total. The highest BCUT2D eigenvalue weighted by molar-refractivity contribution is 6.36. The van der Waals surface area contributed by atoms with Crippen LogP contribution in [0.15, 0.2) is 36.4 Å². The van der Waals surface area contributed by atoms with E-state index in [-0.39, 0.29) is 33.2 Å². The number of ketones is 1. The summed E-state index contributed by atoms with van der Waals surface area (Å²) in [4.78, 5) is 26.9. The number of Topliss-reactive ketones (excluding diaryl/α,β-unsaturated/α-hetero) is 1. The van der Waals surface area contributed by atoms with Crippen molar-refractivity contribution in [3.05, 3.63) is 63.4 Å². The molecule has 7 heteroatoms. The third-order valence-electron chi connectivity index (χ3n) is 4.77. The molecule has 142 valence electrons. The summed E-state index contributed by atoms with van der Waals surface area (Å²) in [6.45, 7) is 0.817. The Morgan fingerprint density at radius 3 is 2.30 bits per heavy atom. The number of halogens is 3. The van der Waals surface area contributed by atoms with Crippen molar-refractivity contribution in [2.24, 2.45) is 5.92 Å². The molecule has 2 aromatic carbocycles. The number of hydrogen-bond acceptors (Lipinski definition) is 3. The maximum absolute atomic E-state index is 13.7. The number of amides is 1. The van der Waals surface area contributed by atoms with Crippen LogP contribution in [0.3, 0.4) is 0 Å². The molecule has 3 rings (SSSR count). The molecule has 0 aromatic heterocycles. The molecule has 2 aromatic rings. The third-order valence-corrected chi connectivity index (χ3v) is 5.37. The largest absolute Gasteiger partial charge is 0.497 e. The fraction of sp³-hybridized carbons (Fsp3) is 0.300. The molecule has 0 bridgehead atoms. The van der Waals surface area contributed by atoms with Crippen molar-refractivity contribution in [3.8, 4) is 5.75 Å². The predicted octanol–water partition coefficient (Wildman–Crippen LogP) is 4.88. The van der Waals surface area contributed by atoms with E-state index in [1.165, 1.54) is 6.07 Å². The van der Waals surface area contributed by atoms with Gasteiger partial charge in [-0.05, 0) is 49.2 Å². The number of nitrogens with zero attached hydrogens (tertiary/aromatic N) is 1. The Bertz CT molecular complexity index is 862. The molecule has 1 fully saturated rings. The quantitative estimate of drug-likeness (QED) is 0.534. The molecule has 1 aliphatic heterocycles. The van der Waals surface area contributed by atoms with Crippen molar-refractivity contribution < 1.29 is 18.7 Å². The second-order valence-corrected chi connectivity index (χ2v) is 7.22. The van der Waals surface area contributed by atoms with Gasteiger partial charge in [-0.25, -0.2) is 4.39 Å². The number of piperidine rings is 1. The maximum atomic E-state index is 13.7. The Morgan fingerprint density at radius 1 is 1.07 bits per heavy atom. The van der Waals surface area contributed by atoms with Crippen molar-refractivity contribution in [2.75, 3.05) is 20.2 Å². The molecule has 0 unspecified atom stereocenters. The van der Waals surface area contributed by atoms with Gasteiger partial charge in [-0.1, -0.05) is 23.2 Å². The summed E-state index contributed by atoms with van der Waals surface area (Å²) in [5, 5.41) is -0.0109. The lowest BCUT2D eigenvalue weighted by Crippen LogP contribution is -2.40. The van der Waals surface area contributed by atoms with Crippen LogP contribution in [0, 0.1) is 11.7 Å². The fourth-order valence-electron chi connectivity index (χ4n) is 3.19. The van der Waals surface area contributed by atoms with Crippen LogP contribution in [0.5, 0.6) is 5.75 Å². The van der Waals surface area contributed by atoms with Crippen LogP contribution in [0.1, 0.15) is 33.6 Å². The molecule has 1 aliphatic rings. The molecule has 4 nitrogen and oxygen atoms in total. The van der Waals surface area contributed by atoms with Crippen molar-refractivity contribution >= 4 is 34.9 Å². The Hall–Kier alpha value is -2.11. The number of likely N-dealkylation sites (tertiary alicyclic amines) is 1. The highest BCUT2D eigenvalue weighted by atomic mass is 35.5. The van der Waals surface area contributed by atoms with E-state index < -0.39 is 5.82 Å². The minimum absolute atomic E-state index is 0.0559. The highest BCUT2D eigenvalue weighted by Crippen LogP contribution is 2.28. The van der Waals surface area contributed by atoms with Crippen LogP contribution >= 0.6 is 23.2 Å². The van der Waals surface area contributed by atoms with Crippen LogP contribution in [0.4, 0.5) is 4.39 Å². The van der Waals surface area contributed by atoms with E-state index in [1.54, 1.807) is 36.3 Å². The van der Waals surface area contributed by atoms with Gasteiger partial charge in [0.05, 0.1) is 22.7 Å². The van der Waals surface area contributed by atoms with E-state index >= 15 is 0 Å². The van der Waals surface area contributed by atoms with E-state index in [1.807, 2.05) is 0 Å². The molecule has 0 radical (unpaired) electrons. The van der Waals surface area contributed by atoms with Gasteiger partial charge in [0.2, 0.25) is 0 Å². The fourth-order valence-corrected chi connectivity index (χ4v) is 3.66. The second kappa shape index (κ2) is 8.28. The minimum atomic E-state index is -0.686. The summed E-state index contributed by atoms with van der Waals surface area (Å²) >= 11 is 11.7. The summed E-state index contributed by atoms with van der Waals surface area (Å²) in [5.74, 6) is -0.445. The molecule has 0 aliphatic carbocycles. The zero-order valence-corrected chi connectivity index (χ0v) is 16.2. The van der Waals surface area contributed by atoms with Gasteiger partial charge < -0.3 is 9.64 Å². The second-order valence-electron chi connectivity index (χ2n) is 6.41. The Kier molecular flexibility index (Phi) is 6.02. The molecular formula is C20H18Cl2FNO3. The lowest BCUT2D eigenvalue weighted by atomic mass is 9.88. The lowest BCUT2D eigenvalue weighted by Gasteiger charge is -2.31. The predicted molar refractivity (Wildman–Crippen MR) is 102 cm³/mol. The maximum Gasteiger partial charge on any atom is 0.255 e. The average molecular weight is 410 g/mol. The first kappa shape index (κ1) is 19.6. The summed E-state index contributed by atoms with van der Waals surface area (Å²) in [5.41, 5.74) is 0.710. The standard InChI is InChI=1S/C20H18Cl2FNO3/c1-27-14-4-2-12(3-5-14)19(25)13-6-8-24(9-7-13)20(26)15-10-18(23)17(22)11-16(15)21/h2-5,10-11,13H,6-9H2,1H3. The summed E-state index contributed by atoms with van der Waals surface area (Å²) in [6, 6.07) is 9.28. The molecule has 1 amide bonds. The highest BCUT2D eigenvalue weighted by Gasteiger charge is 2.29. The Balaban J connectivity index is 1.65. The first-order chi connectivity index (χ1) is 12.9. The van der Waals surface area contributed by atoms with Crippen molar-refractivity contribution in [1.29, 1.82) is 0 Å². The Morgan fingerprint density at radius 2 is 1.70 bits per heavy atom. The molecule has 1 heterocycles. The van der Waals surface area contributed by atoms with Crippen LogP contribution in [0.25, 0.3) is 0 Å². The number of rotatable bonds is 4. The van der Waals surface area contributed by atoms with E-state index in [0.29, 0.717) is 37.2 Å². The van der Waals surface area contributed by atoms with Gasteiger partial charge >= 0.3 is 0 Å². The van der Waals surface area contributed by atoms with Gasteiger partial charge in [0.15, 0.2) is 5.78 Å². The summed E-state index contributed by atoms with van der Waals surface area (Å²) in [6.07, 6.45) is 1.09. The van der Waals surface area contributed by atoms with Crippen molar-refractivity contribution in [1.82, 2.24) is 4.90 Å². The molecule has 0 saturated carbocycles. The van der Waals surface area contributed by atoms with E-state index in [9.17, 15) is 14.0 Å². The topological polar surface area (TPSA) is 46.6 Å². The van der Waals surface area contributed by atoms with E-state index in [4.69, 9.17) is 27.9 Å². The van der Waals surface area contributed by atoms with Gasteiger partial charge in [-0.15, -0.1) is 0 Å². The van der Waals surface area contributed by atoms with Crippen molar-refractivity contribution in [3.63, 3.8) is 0 Å². The van der Waals surface area contributed by atoms with Crippen LogP contribution < -0.4 is 4.74 Å². The minimum Gasteiger partial charge on any atom is -0.497 e. The number of carbonyl (C=O) groups is 2. The number of methoxy groups -OCH3 is 1. The number of hydrogen-bond donors (Lipinski definition) is 0. The number of benzene rings is 2. The van der Waals surface area contributed by atoms with Crippen molar-refractivity contribution in [2.45, 2.75) is 12.8 Å². The smallest absolute Gasteiger partial charge is 0.255 e. The molecular weight excluding hydrogens is 392 g/mol. The average Bonchev–Trinajstić information content (AvgIpc) is 2.70. The van der Waals surface area contributed by atoms with Gasteiger partial charge in [0, 0.05) is 24.6 Å². The zero-order valence-electron chi connectivity index (χ0n) is 14.7. The first-order valence-electron chi connectivity index (χ1n) is 8.52. The molecule has 27 heavy (non-hydrogen) atoms. The molecule has 0 atom stereocenters. The van der Waals surface area contributed by atoms with Crippen LogP contribution in [0.2, 0.25) is 10.0 Å². The summed E-state index contributed by atoms with van der Waals surface area (Å²) in [7, 11) is 1.57. The van der Waals surface area contributed by atoms with Gasteiger partial charge in [-0.2, -0.15) is 0 Å².